The van der Waals surface area contributed by atoms with Crippen LogP contribution in [0.25, 0.3) is 10.9 Å². The summed E-state index contributed by atoms with van der Waals surface area (Å²) in [5, 5.41) is 8.17. The Balaban J connectivity index is 1.24. The number of anilines is 1. The summed E-state index contributed by atoms with van der Waals surface area (Å²) in [5.74, 6) is -0.259. The lowest BCUT2D eigenvalue weighted by molar-refractivity contribution is -0.0541. The number of pyridine rings is 1. The van der Waals surface area contributed by atoms with Gasteiger partial charge < -0.3 is 10.3 Å². The Morgan fingerprint density at radius 3 is 2.90 bits per heavy atom. The maximum atomic E-state index is 15.1. The summed E-state index contributed by atoms with van der Waals surface area (Å²) in [4.78, 5) is 17.8. The first-order chi connectivity index (χ1) is 14.7. The minimum atomic E-state index is -0.259. The van der Waals surface area contributed by atoms with Crippen molar-refractivity contribution in [3.8, 4) is 0 Å². The van der Waals surface area contributed by atoms with Crippen molar-refractivity contribution in [2.75, 3.05) is 25.0 Å². The molecule has 8 heteroatoms. The Bertz CT molecular complexity index is 1120. The molecule has 30 heavy (non-hydrogen) atoms. The van der Waals surface area contributed by atoms with Gasteiger partial charge in [0.15, 0.2) is 0 Å². The number of rotatable bonds is 3. The molecule has 4 aliphatic rings. The van der Waals surface area contributed by atoms with Crippen LogP contribution in [0.4, 0.5) is 10.1 Å². The third kappa shape index (κ3) is 2.82. The van der Waals surface area contributed by atoms with Crippen LogP contribution in [-0.2, 0) is 13.0 Å². The van der Waals surface area contributed by atoms with Crippen molar-refractivity contribution in [3.63, 3.8) is 0 Å². The third-order valence-corrected chi connectivity index (χ3v) is 6.76. The third-order valence-electron chi connectivity index (χ3n) is 6.76. The fourth-order valence-electron chi connectivity index (χ4n) is 5.41. The van der Waals surface area contributed by atoms with Crippen LogP contribution in [-0.4, -0.2) is 51.7 Å². The molecule has 2 fully saturated rings. The van der Waals surface area contributed by atoms with Gasteiger partial charge in [-0.15, -0.1) is 0 Å². The maximum absolute atomic E-state index is 15.1. The number of aromatic nitrogens is 1. The van der Waals surface area contributed by atoms with Crippen molar-refractivity contribution < 1.29 is 4.39 Å². The predicted molar refractivity (Wildman–Crippen MR) is 114 cm³/mol. The van der Waals surface area contributed by atoms with E-state index < -0.39 is 0 Å². The number of benzene rings is 1. The molecule has 0 spiro atoms. The van der Waals surface area contributed by atoms with Gasteiger partial charge in [-0.2, -0.15) is 5.01 Å². The van der Waals surface area contributed by atoms with Crippen molar-refractivity contribution >= 4 is 16.6 Å². The van der Waals surface area contributed by atoms with Crippen molar-refractivity contribution in [2.24, 2.45) is 0 Å². The number of nitrogens with one attached hydrogen (secondary N) is 3. The van der Waals surface area contributed by atoms with Crippen molar-refractivity contribution in [3.05, 3.63) is 64.0 Å². The van der Waals surface area contributed by atoms with E-state index in [1.165, 1.54) is 0 Å². The number of allylic oxidation sites excluding steroid dienone is 2. The molecule has 2 bridgehead atoms. The van der Waals surface area contributed by atoms with E-state index in [0.29, 0.717) is 47.2 Å². The van der Waals surface area contributed by atoms with Gasteiger partial charge in [-0.25, -0.2) is 9.51 Å². The number of fused-ring (bicyclic) bond motifs is 5. The summed E-state index contributed by atoms with van der Waals surface area (Å²) < 4.78 is 15.1. The molecule has 1 aromatic heterocycles. The lowest BCUT2D eigenvalue weighted by atomic mass is 10.00. The van der Waals surface area contributed by atoms with Crippen LogP contribution in [0.1, 0.15) is 24.0 Å². The number of halogens is 1. The van der Waals surface area contributed by atoms with Crippen LogP contribution >= 0.6 is 0 Å². The smallest absolute Gasteiger partial charge is 0.253 e. The number of likely N-dealkylation sites (tertiary alicyclic amines) is 1. The van der Waals surface area contributed by atoms with Crippen LogP contribution in [0.5, 0.6) is 0 Å². The minimum Gasteiger partial charge on any atom is -0.384 e. The van der Waals surface area contributed by atoms with Crippen LogP contribution in [0.15, 0.2) is 41.5 Å². The van der Waals surface area contributed by atoms with E-state index in [4.69, 9.17) is 0 Å². The van der Waals surface area contributed by atoms with Gasteiger partial charge in [0.25, 0.3) is 5.56 Å². The highest BCUT2D eigenvalue weighted by Gasteiger charge is 2.45. The van der Waals surface area contributed by atoms with Crippen LogP contribution in [0.3, 0.4) is 0 Å². The first-order valence-corrected chi connectivity index (χ1v) is 10.7. The maximum Gasteiger partial charge on any atom is 0.253 e. The summed E-state index contributed by atoms with van der Waals surface area (Å²) in [7, 11) is 0. The Morgan fingerprint density at radius 1 is 1.17 bits per heavy atom. The number of nitrogens with zero attached hydrogens (tertiary/aromatic N) is 3. The van der Waals surface area contributed by atoms with Crippen LogP contribution in [0, 0.1) is 5.82 Å². The summed E-state index contributed by atoms with van der Waals surface area (Å²) in [6.07, 6.45) is 10.7. The first kappa shape index (κ1) is 18.0. The average Bonchev–Trinajstić information content (AvgIpc) is 3.35. The van der Waals surface area contributed by atoms with Gasteiger partial charge in [0.1, 0.15) is 5.82 Å². The largest absolute Gasteiger partial charge is 0.384 e. The summed E-state index contributed by atoms with van der Waals surface area (Å²) in [5.41, 5.74) is 5.99. The normalized spacial score (nSPS) is 25.6. The second-order valence-electron chi connectivity index (χ2n) is 8.61. The fraction of sp³-hybridized carbons (Fsp3) is 0.409. The van der Waals surface area contributed by atoms with Gasteiger partial charge in [-0.3, -0.25) is 15.1 Å². The van der Waals surface area contributed by atoms with E-state index in [-0.39, 0.29) is 11.4 Å². The highest BCUT2D eigenvalue weighted by molar-refractivity contribution is 5.94. The molecular formula is C22H25FN6O. The topological polar surface area (TPSA) is 66.6 Å². The zero-order valence-corrected chi connectivity index (χ0v) is 16.7. The number of hydrogen-bond acceptors (Lipinski definition) is 6. The molecular weight excluding hydrogens is 383 g/mol. The van der Waals surface area contributed by atoms with E-state index in [1.54, 1.807) is 6.07 Å². The number of H-pyrrole nitrogens is 1. The minimum absolute atomic E-state index is 0.103. The Hall–Kier alpha value is -2.84. The molecule has 5 heterocycles. The van der Waals surface area contributed by atoms with E-state index >= 15 is 4.39 Å². The van der Waals surface area contributed by atoms with Crippen molar-refractivity contribution in [2.45, 2.75) is 37.9 Å². The number of aromatic amines is 1. The highest BCUT2D eigenvalue weighted by Crippen LogP contribution is 2.34. The lowest BCUT2D eigenvalue weighted by Crippen LogP contribution is -2.55. The Morgan fingerprint density at radius 2 is 2.10 bits per heavy atom. The summed E-state index contributed by atoms with van der Waals surface area (Å²) >= 11 is 0. The van der Waals surface area contributed by atoms with E-state index in [2.05, 4.69) is 30.8 Å². The second kappa shape index (κ2) is 6.85. The van der Waals surface area contributed by atoms with Gasteiger partial charge in [0, 0.05) is 56.2 Å². The van der Waals surface area contributed by atoms with Gasteiger partial charge in [0.05, 0.1) is 16.6 Å². The molecule has 4 aliphatic heterocycles. The van der Waals surface area contributed by atoms with Gasteiger partial charge in [-0.1, -0.05) is 0 Å². The van der Waals surface area contributed by atoms with Gasteiger partial charge in [-0.05, 0) is 49.1 Å². The number of hydrazine groups is 2. The van der Waals surface area contributed by atoms with Crippen molar-refractivity contribution in [1.29, 1.82) is 0 Å². The molecule has 3 N–H and O–H groups in total. The Labute approximate surface area is 173 Å². The monoisotopic (exact) mass is 408 g/mol. The molecule has 7 nitrogen and oxygen atoms in total. The first-order valence-electron chi connectivity index (χ1n) is 10.7. The van der Waals surface area contributed by atoms with Gasteiger partial charge >= 0.3 is 0 Å². The van der Waals surface area contributed by atoms with E-state index in [9.17, 15) is 4.79 Å². The van der Waals surface area contributed by atoms with Crippen molar-refractivity contribution in [1.82, 2.24) is 25.4 Å². The fourth-order valence-corrected chi connectivity index (χ4v) is 5.41. The van der Waals surface area contributed by atoms with Crippen LogP contribution < -0.4 is 16.3 Å². The molecule has 2 aromatic rings. The zero-order valence-electron chi connectivity index (χ0n) is 16.7. The summed E-state index contributed by atoms with van der Waals surface area (Å²) in [6.45, 7) is 3.36. The average molecular weight is 408 g/mol. The number of hydrogen-bond donors (Lipinski definition) is 3. The molecule has 156 valence electrons. The van der Waals surface area contributed by atoms with Crippen LogP contribution in [0.2, 0.25) is 0 Å². The van der Waals surface area contributed by atoms with Gasteiger partial charge in [0.2, 0.25) is 0 Å². The highest BCUT2D eigenvalue weighted by atomic mass is 19.1. The van der Waals surface area contributed by atoms with E-state index in [0.717, 1.165) is 38.0 Å². The molecule has 0 amide bonds. The predicted octanol–water partition coefficient (Wildman–Crippen LogP) is 2.05. The molecule has 0 aliphatic carbocycles. The van der Waals surface area contributed by atoms with E-state index in [1.807, 2.05) is 30.6 Å². The number of piperazine rings is 1. The molecule has 0 unspecified atom stereocenters. The quantitative estimate of drug-likeness (QED) is 0.723. The molecule has 2 atom stereocenters. The zero-order chi connectivity index (χ0) is 20.2. The second-order valence-corrected chi connectivity index (χ2v) is 8.61. The molecule has 2 saturated heterocycles. The Kier molecular flexibility index (Phi) is 4.10. The summed E-state index contributed by atoms with van der Waals surface area (Å²) in [6, 6.07) is 4.47. The SMILES string of the molecule is O=c1[nH]c2cc(CN3C[C@@H]4C[C@H]3CN4N3C=CC=CN3)cc(F)c2c2c1CCCN2. The molecule has 0 saturated carbocycles. The molecule has 0 radical (unpaired) electrons. The molecule has 1 aromatic carbocycles. The standard InChI is InChI=1S/C22H25FN6O/c23-18-8-14(9-19-20(18)21-17(22(30)26-19)4-3-5-24-21)11-27-12-16-10-15(27)13-28(16)29-7-2-1-6-25-29/h1-2,6-9,15-16,24-25H,3-5,10-13H2,(H,26,30)/t15-,16-/m0/s1. The molecule has 6 rings (SSSR count). The lowest BCUT2D eigenvalue weighted by Gasteiger charge is -2.40.